The van der Waals surface area contributed by atoms with Gasteiger partial charge in [0.2, 0.25) is 5.91 Å². The topological polar surface area (TPSA) is 86.3 Å². The van der Waals surface area contributed by atoms with Crippen LogP contribution in [0.25, 0.3) is 0 Å². The van der Waals surface area contributed by atoms with Crippen LogP contribution >= 0.6 is 0 Å². The number of ether oxygens (including phenoxy) is 1. The monoisotopic (exact) mass is 365 g/mol. The van der Waals surface area contributed by atoms with Gasteiger partial charge in [-0.3, -0.25) is 9.79 Å². The first-order valence-corrected chi connectivity index (χ1v) is 8.46. The third-order valence-corrected chi connectivity index (χ3v) is 3.83. The van der Waals surface area contributed by atoms with E-state index in [1.54, 1.807) is 24.9 Å². The van der Waals surface area contributed by atoms with E-state index in [4.69, 9.17) is 4.74 Å². The van der Waals surface area contributed by atoms with Crippen molar-refractivity contribution in [3.8, 4) is 0 Å². The molecule has 0 unspecified atom stereocenters. The maximum Gasteiger partial charge on any atom is 0.409 e. The molecule has 26 heavy (non-hydrogen) atoms. The van der Waals surface area contributed by atoms with E-state index in [-0.39, 0.29) is 18.5 Å². The van der Waals surface area contributed by atoms with Crippen LogP contribution in [-0.2, 0) is 9.53 Å². The van der Waals surface area contributed by atoms with Crippen molar-refractivity contribution in [1.82, 2.24) is 15.1 Å². The average Bonchev–Trinajstić information content (AvgIpc) is 2.63. The number of rotatable bonds is 4. The van der Waals surface area contributed by atoms with Gasteiger partial charge in [0.25, 0.3) is 0 Å². The summed E-state index contributed by atoms with van der Waals surface area (Å²) in [5.41, 5.74) is 0.398. The molecule has 8 nitrogen and oxygen atoms in total. The second kappa shape index (κ2) is 9.59. The van der Waals surface area contributed by atoms with Gasteiger partial charge in [-0.2, -0.15) is 0 Å². The lowest BCUT2D eigenvalue weighted by molar-refractivity contribution is -0.115. The standard InChI is InChI=1S/C17H24FN5O3/c1-3-26-17(25)23-9-7-22(8-10-23)16(19-2)20-12-15(24)21-14-6-4-5-13(18)11-14/h4-6,11H,3,7-10,12H2,1-2H3,(H,19,20)(H,21,24). The number of guanidine groups is 1. The molecule has 0 saturated carbocycles. The van der Waals surface area contributed by atoms with E-state index in [1.807, 2.05) is 4.90 Å². The van der Waals surface area contributed by atoms with Gasteiger partial charge in [0.15, 0.2) is 5.96 Å². The van der Waals surface area contributed by atoms with Crippen molar-refractivity contribution in [1.29, 1.82) is 0 Å². The summed E-state index contributed by atoms with van der Waals surface area (Å²) in [6, 6.07) is 5.71. The highest BCUT2D eigenvalue weighted by Gasteiger charge is 2.23. The summed E-state index contributed by atoms with van der Waals surface area (Å²) in [4.78, 5) is 31.5. The van der Waals surface area contributed by atoms with Crippen LogP contribution in [0.3, 0.4) is 0 Å². The molecule has 142 valence electrons. The van der Waals surface area contributed by atoms with Crippen LogP contribution in [0.2, 0.25) is 0 Å². The van der Waals surface area contributed by atoms with Crippen molar-refractivity contribution in [2.75, 3.05) is 51.7 Å². The zero-order valence-electron chi connectivity index (χ0n) is 15.0. The summed E-state index contributed by atoms with van der Waals surface area (Å²) < 4.78 is 18.1. The van der Waals surface area contributed by atoms with E-state index in [9.17, 15) is 14.0 Å². The minimum atomic E-state index is -0.411. The fourth-order valence-electron chi connectivity index (χ4n) is 2.58. The molecule has 1 aliphatic heterocycles. The number of aliphatic imine (C=N–C) groups is 1. The Balaban J connectivity index is 1.79. The van der Waals surface area contributed by atoms with E-state index in [2.05, 4.69) is 15.6 Å². The van der Waals surface area contributed by atoms with E-state index >= 15 is 0 Å². The van der Waals surface area contributed by atoms with Gasteiger partial charge in [0.05, 0.1) is 13.2 Å². The summed E-state index contributed by atoms with van der Waals surface area (Å²) in [5, 5.41) is 5.60. The molecule has 0 atom stereocenters. The molecule has 1 fully saturated rings. The number of halogens is 1. The molecule has 0 aliphatic carbocycles. The lowest BCUT2D eigenvalue weighted by atomic mass is 10.3. The molecule has 1 aliphatic rings. The van der Waals surface area contributed by atoms with Gasteiger partial charge in [0.1, 0.15) is 5.82 Å². The predicted octanol–water partition coefficient (Wildman–Crippen LogP) is 1.11. The van der Waals surface area contributed by atoms with Crippen molar-refractivity contribution in [3.63, 3.8) is 0 Å². The highest BCUT2D eigenvalue weighted by atomic mass is 19.1. The van der Waals surface area contributed by atoms with Gasteiger partial charge < -0.3 is 25.2 Å². The largest absolute Gasteiger partial charge is 0.450 e. The highest BCUT2D eigenvalue weighted by molar-refractivity contribution is 5.95. The molecule has 0 aromatic heterocycles. The summed E-state index contributed by atoms with van der Waals surface area (Å²) in [6.45, 7) is 4.34. The van der Waals surface area contributed by atoms with Gasteiger partial charge in [-0.05, 0) is 25.1 Å². The summed E-state index contributed by atoms with van der Waals surface area (Å²) in [5.74, 6) is -0.143. The normalized spacial score (nSPS) is 14.8. The van der Waals surface area contributed by atoms with Gasteiger partial charge >= 0.3 is 6.09 Å². The number of hydrogen-bond acceptors (Lipinski definition) is 4. The summed E-state index contributed by atoms with van der Waals surface area (Å²) >= 11 is 0. The van der Waals surface area contributed by atoms with Crippen molar-refractivity contribution in [2.45, 2.75) is 6.92 Å². The number of piperazine rings is 1. The minimum absolute atomic E-state index is 0.00127. The zero-order chi connectivity index (χ0) is 18.9. The smallest absolute Gasteiger partial charge is 0.409 e. The summed E-state index contributed by atoms with van der Waals surface area (Å²) in [7, 11) is 1.63. The lowest BCUT2D eigenvalue weighted by Crippen LogP contribution is -2.54. The van der Waals surface area contributed by atoms with Crippen molar-refractivity contribution < 1.29 is 18.7 Å². The second-order valence-electron chi connectivity index (χ2n) is 5.63. The first-order chi connectivity index (χ1) is 12.5. The minimum Gasteiger partial charge on any atom is -0.450 e. The zero-order valence-corrected chi connectivity index (χ0v) is 15.0. The molecule has 0 spiro atoms. The molecule has 1 saturated heterocycles. The fourth-order valence-corrected chi connectivity index (χ4v) is 2.58. The van der Waals surface area contributed by atoms with Crippen molar-refractivity contribution >= 4 is 23.6 Å². The van der Waals surface area contributed by atoms with Gasteiger partial charge in [0, 0.05) is 38.9 Å². The predicted molar refractivity (Wildman–Crippen MR) is 96.6 cm³/mol. The number of nitrogens with one attached hydrogen (secondary N) is 2. The Morgan fingerprint density at radius 3 is 2.54 bits per heavy atom. The lowest BCUT2D eigenvalue weighted by Gasteiger charge is -2.35. The second-order valence-corrected chi connectivity index (χ2v) is 5.63. The first kappa shape index (κ1) is 19.5. The molecule has 0 bridgehead atoms. The number of anilines is 1. The fraction of sp³-hybridized carbons (Fsp3) is 0.471. The molecular weight excluding hydrogens is 341 g/mol. The van der Waals surface area contributed by atoms with Crippen molar-refractivity contribution in [3.05, 3.63) is 30.1 Å². The molecule has 1 aromatic carbocycles. The number of carbonyl (C=O) groups excluding carboxylic acids is 2. The number of hydrogen-bond donors (Lipinski definition) is 2. The van der Waals surface area contributed by atoms with Crippen LogP contribution in [0.15, 0.2) is 29.3 Å². The van der Waals surface area contributed by atoms with E-state index in [0.717, 1.165) is 0 Å². The Morgan fingerprint density at radius 1 is 1.23 bits per heavy atom. The Kier molecular flexibility index (Phi) is 7.19. The van der Waals surface area contributed by atoms with Gasteiger partial charge in [-0.25, -0.2) is 9.18 Å². The SMILES string of the molecule is CCOC(=O)N1CCN(C(=NC)NCC(=O)Nc2cccc(F)c2)CC1. The molecule has 2 rings (SSSR count). The maximum absolute atomic E-state index is 13.1. The molecule has 1 aromatic rings. The maximum atomic E-state index is 13.1. The number of carbonyl (C=O) groups is 2. The van der Waals surface area contributed by atoms with Gasteiger partial charge in [-0.1, -0.05) is 6.07 Å². The highest BCUT2D eigenvalue weighted by Crippen LogP contribution is 2.08. The molecule has 2 amide bonds. The number of nitrogens with zero attached hydrogens (tertiary/aromatic N) is 3. The Morgan fingerprint density at radius 2 is 1.92 bits per heavy atom. The van der Waals surface area contributed by atoms with Crippen LogP contribution < -0.4 is 10.6 Å². The van der Waals surface area contributed by atoms with Gasteiger partial charge in [-0.15, -0.1) is 0 Å². The number of amides is 2. The van der Waals surface area contributed by atoms with E-state index in [0.29, 0.717) is 44.4 Å². The Hall–Kier alpha value is -2.84. The Bertz CT molecular complexity index is 660. The molecular formula is C17H24FN5O3. The van der Waals surface area contributed by atoms with Crippen LogP contribution in [0, 0.1) is 5.82 Å². The van der Waals surface area contributed by atoms with Crippen LogP contribution in [0.1, 0.15) is 6.92 Å². The van der Waals surface area contributed by atoms with E-state index < -0.39 is 5.82 Å². The third-order valence-electron chi connectivity index (χ3n) is 3.83. The molecule has 2 N–H and O–H groups in total. The average molecular weight is 365 g/mol. The van der Waals surface area contributed by atoms with E-state index in [1.165, 1.54) is 18.2 Å². The quantitative estimate of drug-likeness (QED) is 0.617. The Labute approximate surface area is 152 Å². The third kappa shape index (κ3) is 5.61. The molecule has 9 heteroatoms. The molecule has 0 radical (unpaired) electrons. The summed E-state index contributed by atoms with van der Waals surface area (Å²) in [6.07, 6.45) is -0.315. The molecule has 1 heterocycles. The van der Waals surface area contributed by atoms with Crippen LogP contribution in [-0.4, -0.2) is 74.1 Å². The van der Waals surface area contributed by atoms with Crippen molar-refractivity contribution in [2.24, 2.45) is 4.99 Å². The van der Waals surface area contributed by atoms with Crippen LogP contribution in [0.4, 0.5) is 14.9 Å². The first-order valence-electron chi connectivity index (χ1n) is 8.46. The number of benzene rings is 1. The van der Waals surface area contributed by atoms with Crippen LogP contribution in [0.5, 0.6) is 0 Å².